The van der Waals surface area contributed by atoms with Gasteiger partial charge in [0.2, 0.25) is 5.75 Å². The van der Waals surface area contributed by atoms with Crippen LogP contribution in [0.2, 0.25) is 0 Å². The summed E-state index contributed by atoms with van der Waals surface area (Å²) in [5.41, 5.74) is 1.94. The van der Waals surface area contributed by atoms with Crippen LogP contribution in [-0.2, 0) is 9.53 Å². The minimum Gasteiger partial charge on any atom is -0.493 e. The molecule has 0 aliphatic carbocycles. The summed E-state index contributed by atoms with van der Waals surface area (Å²) in [4.78, 5) is 32.2. The average molecular weight is 586 g/mol. The first-order valence-corrected chi connectivity index (χ1v) is 13.8. The van der Waals surface area contributed by atoms with Gasteiger partial charge in [-0.05, 0) is 55.8 Å². The molecule has 0 amide bonds. The third-order valence-corrected chi connectivity index (χ3v) is 7.72. The largest absolute Gasteiger partial charge is 0.493 e. The Morgan fingerprint density at radius 1 is 1.12 bits per heavy atom. The SMILES string of the molecule is CCOC(=O)C1=C(C)N=c2sc(=Cc3ccc(-c4ccccc4C#N)o3)c(=O)n2C1c1cc(OC)c(OC)c(OC)c1. The fourth-order valence-corrected chi connectivity index (χ4v) is 5.89. The van der Waals surface area contributed by atoms with Crippen molar-refractivity contribution in [3.63, 3.8) is 0 Å². The van der Waals surface area contributed by atoms with Gasteiger partial charge in [0.25, 0.3) is 5.56 Å². The topological polar surface area (TPSA) is 125 Å². The zero-order valence-corrected chi connectivity index (χ0v) is 24.4. The van der Waals surface area contributed by atoms with E-state index in [2.05, 4.69) is 11.1 Å². The van der Waals surface area contributed by atoms with Crippen LogP contribution in [-0.4, -0.2) is 38.5 Å². The maximum atomic E-state index is 14.0. The number of carbonyl (C=O) groups is 1. The fourth-order valence-electron chi connectivity index (χ4n) is 4.87. The van der Waals surface area contributed by atoms with E-state index in [1.807, 2.05) is 6.07 Å². The van der Waals surface area contributed by atoms with Gasteiger partial charge in [-0.15, -0.1) is 0 Å². The Labute approximate surface area is 245 Å². The van der Waals surface area contributed by atoms with Crippen LogP contribution in [0.15, 0.2) is 74.0 Å². The third kappa shape index (κ3) is 4.97. The molecule has 42 heavy (non-hydrogen) atoms. The molecule has 10 nitrogen and oxygen atoms in total. The highest BCUT2D eigenvalue weighted by molar-refractivity contribution is 7.07. The summed E-state index contributed by atoms with van der Waals surface area (Å²) in [6.45, 7) is 3.57. The second kappa shape index (κ2) is 11.8. The molecule has 1 atom stereocenters. The van der Waals surface area contributed by atoms with Gasteiger partial charge >= 0.3 is 5.97 Å². The molecule has 4 aromatic rings. The number of hydrogen-bond acceptors (Lipinski definition) is 10. The normalized spacial score (nSPS) is 14.6. The molecule has 0 saturated carbocycles. The lowest BCUT2D eigenvalue weighted by Gasteiger charge is -2.26. The van der Waals surface area contributed by atoms with E-state index in [0.717, 1.165) is 0 Å². The van der Waals surface area contributed by atoms with E-state index >= 15 is 0 Å². The summed E-state index contributed by atoms with van der Waals surface area (Å²) in [7, 11) is 4.48. The third-order valence-electron chi connectivity index (χ3n) is 6.73. The van der Waals surface area contributed by atoms with Crippen molar-refractivity contribution in [1.29, 1.82) is 5.26 Å². The smallest absolute Gasteiger partial charge is 0.338 e. The van der Waals surface area contributed by atoms with Crippen molar-refractivity contribution in [2.45, 2.75) is 19.9 Å². The number of carbonyl (C=O) groups excluding carboxylic acids is 1. The first kappa shape index (κ1) is 28.4. The van der Waals surface area contributed by atoms with Crippen LogP contribution in [0.5, 0.6) is 17.2 Å². The monoisotopic (exact) mass is 585 g/mol. The number of nitrogens with zero attached hydrogens (tertiary/aromatic N) is 3. The zero-order chi connectivity index (χ0) is 30.0. The number of hydrogen-bond donors (Lipinski definition) is 0. The van der Waals surface area contributed by atoms with Crippen LogP contribution >= 0.6 is 11.3 Å². The molecule has 3 heterocycles. The summed E-state index contributed by atoms with van der Waals surface area (Å²) in [5.74, 6) is 1.45. The predicted octanol–water partition coefficient (Wildman–Crippen LogP) is 3.96. The molecule has 0 bridgehead atoms. The number of benzene rings is 2. The maximum Gasteiger partial charge on any atom is 0.338 e. The van der Waals surface area contributed by atoms with Gasteiger partial charge in [0.1, 0.15) is 11.5 Å². The van der Waals surface area contributed by atoms with Gasteiger partial charge in [-0.25, -0.2) is 9.79 Å². The highest BCUT2D eigenvalue weighted by atomic mass is 32.1. The van der Waals surface area contributed by atoms with Crippen molar-refractivity contribution in [2.75, 3.05) is 27.9 Å². The van der Waals surface area contributed by atoms with Gasteiger partial charge in [0.05, 0.1) is 61.4 Å². The second-order valence-electron chi connectivity index (χ2n) is 9.12. The van der Waals surface area contributed by atoms with Crippen LogP contribution in [0.4, 0.5) is 0 Å². The highest BCUT2D eigenvalue weighted by Crippen LogP contribution is 2.42. The second-order valence-corrected chi connectivity index (χ2v) is 10.1. The molecule has 5 rings (SSSR count). The summed E-state index contributed by atoms with van der Waals surface area (Å²) in [6.07, 6.45) is 1.62. The molecule has 2 aromatic heterocycles. The number of esters is 1. The summed E-state index contributed by atoms with van der Waals surface area (Å²) in [6, 6.07) is 15.3. The lowest BCUT2D eigenvalue weighted by Crippen LogP contribution is -2.40. The van der Waals surface area contributed by atoms with E-state index in [1.54, 1.807) is 62.4 Å². The quantitative estimate of drug-likeness (QED) is 0.285. The van der Waals surface area contributed by atoms with Crippen molar-refractivity contribution in [3.8, 4) is 34.6 Å². The highest BCUT2D eigenvalue weighted by Gasteiger charge is 2.34. The molecule has 0 fully saturated rings. The van der Waals surface area contributed by atoms with Gasteiger partial charge in [-0.3, -0.25) is 9.36 Å². The van der Waals surface area contributed by atoms with Gasteiger partial charge in [0.15, 0.2) is 16.3 Å². The number of rotatable bonds is 8. The minimum atomic E-state index is -0.883. The van der Waals surface area contributed by atoms with E-state index < -0.39 is 12.0 Å². The van der Waals surface area contributed by atoms with Crippen LogP contribution < -0.4 is 29.1 Å². The molecule has 0 N–H and O–H groups in total. The maximum absolute atomic E-state index is 14.0. The first-order chi connectivity index (χ1) is 20.3. The first-order valence-electron chi connectivity index (χ1n) is 12.9. The summed E-state index contributed by atoms with van der Waals surface area (Å²) in [5, 5.41) is 9.47. The van der Waals surface area contributed by atoms with Gasteiger partial charge in [0, 0.05) is 11.6 Å². The van der Waals surface area contributed by atoms with Crippen molar-refractivity contribution in [2.24, 2.45) is 4.99 Å². The van der Waals surface area contributed by atoms with Crippen LogP contribution in [0.3, 0.4) is 0 Å². The molecular weight excluding hydrogens is 558 g/mol. The van der Waals surface area contributed by atoms with E-state index in [-0.39, 0.29) is 17.7 Å². The number of ether oxygens (including phenoxy) is 4. The number of allylic oxidation sites excluding steroid dienone is 1. The lowest BCUT2D eigenvalue weighted by atomic mass is 9.95. The van der Waals surface area contributed by atoms with Crippen LogP contribution in [0.1, 0.15) is 36.8 Å². The molecule has 1 unspecified atom stereocenters. The Balaban J connectivity index is 1.70. The van der Waals surface area contributed by atoms with E-state index in [4.69, 9.17) is 23.4 Å². The molecule has 11 heteroatoms. The molecular formula is C31H27N3O7S. The standard InChI is InChI=1S/C31H27N3O7S/c1-6-40-30(36)26-17(2)33-31-34(27(26)19-13-23(37-3)28(39-5)24(14-19)38-4)29(35)25(42-31)15-20-11-12-22(41-20)21-10-8-7-9-18(21)16-32/h7-15,27H,6H2,1-5H3. The summed E-state index contributed by atoms with van der Waals surface area (Å²) >= 11 is 1.17. The molecule has 0 spiro atoms. The van der Waals surface area contributed by atoms with E-state index in [9.17, 15) is 14.9 Å². The zero-order valence-electron chi connectivity index (χ0n) is 23.6. The molecule has 214 valence electrons. The van der Waals surface area contributed by atoms with Crippen molar-refractivity contribution in [3.05, 3.63) is 96.4 Å². The predicted molar refractivity (Wildman–Crippen MR) is 155 cm³/mol. The lowest BCUT2D eigenvalue weighted by molar-refractivity contribution is -0.139. The van der Waals surface area contributed by atoms with E-state index in [1.165, 1.54) is 37.2 Å². The number of methoxy groups -OCH3 is 3. The Kier molecular flexibility index (Phi) is 7.99. The van der Waals surface area contributed by atoms with Crippen molar-refractivity contribution in [1.82, 2.24) is 4.57 Å². The Hall–Kier alpha value is -5.08. The number of thiazole rings is 1. The van der Waals surface area contributed by atoms with Crippen LogP contribution in [0.25, 0.3) is 17.4 Å². The van der Waals surface area contributed by atoms with Gasteiger partial charge in [-0.1, -0.05) is 23.5 Å². The fraction of sp³-hybridized carbons (Fsp3) is 0.226. The molecule has 2 aromatic carbocycles. The summed E-state index contributed by atoms with van der Waals surface area (Å²) < 4.78 is 29.8. The van der Waals surface area contributed by atoms with Crippen molar-refractivity contribution >= 4 is 23.4 Å². The molecule has 1 aliphatic rings. The molecule has 0 saturated heterocycles. The number of aromatic nitrogens is 1. The molecule has 0 radical (unpaired) electrons. The van der Waals surface area contributed by atoms with Crippen LogP contribution in [0, 0.1) is 11.3 Å². The molecule has 1 aliphatic heterocycles. The van der Waals surface area contributed by atoms with Gasteiger partial charge in [-0.2, -0.15) is 5.26 Å². The average Bonchev–Trinajstić information content (AvgIpc) is 3.59. The minimum absolute atomic E-state index is 0.151. The number of fused-ring (bicyclic) bond motifs is 1. The number of nitriles is 1. The Morgan fingerprint density at radius 2 is 1.83 bits per heavy atom. The number of furan rings is 1. The van der Waals surface area contributed by atoms with Gasteiger partial charge < -0.3 is 23.4 Å². The Bertz CT molecular complexity index is 1920. The Morgan fingerprint density at radius 3 is 2.48 bits per heavy atom. The van der Waals surface area contributed by atoms with E-state index in [0.29, 0.717) is 60.5 Å². The van der Waals surface area contributed by atoms with Crippen molar-refractivity contribution < 1.29 is 28.2 Å².